The maximum absolute atomic E-state index is 13.2. The van der Waals surface area contributed by atoms with Crippen molar-refractivity contribution in [2.45, 2.75) is 24.8 Å². The fraction of sp³-hybridized carbons (Fsp3) is 0.250. The lowest BCUT2D eigenvalue weighted by atomic mass is 10.1. The number of rotatable bonds is 8. The summed E-state index contributed by atoms with van der Waals surface area (Å²) < 4.78 is 27.4. The molecule has 0 atom stereocenters. The van der Waals surface area contributed by atoms with Gasteiger partial charge in [-0.25, -0.2) is 8.42 Å². The number of nitro benzene ring substituents is 1. The lowest BCUT2D eigenvalue weighted by molar-refractivity contribution is -0.387. The van der Waals surface area contributed by atoms with Gasteiger partial charge in [-0.3, -0.25) is 14.9 Å². The highest BCUT2D eigenvalue weighted by Gasteiger charge is 2.31. The minimum absolute atomic E-state index is 0.101. The first kappa shape index (κ1) is 21.6. The Kier molecular flexibility index (Phi) is 6.30. The number of hydrogen-bond acceptors (Lipinski definition) is 6. The van der Waals surface area contributed by atoms with Crippen LogP contribution in [0.1, 0.15) is 17.5 Å². The zero-order valence-corrected chi connectivity index (χ0v) is 17.1. The molecule has 1 aromatic heterocycles. The van der Waals surface area contributed by atoms with Gasteiger partial charge in [-0.15, -0.1) is 0 Å². The zero-order chi connectivity index (χ0) is 21.9. The van der Waals surface area contributed by atoms with Gasteiger partial charge >= 0.3 is 0 Å². The minimum atomic E-state index is -4.30. The first-order valence-electron chi connectivity index (χ1n) is 9.21. The normalized spacial score (nSPS) is 11.8. The molecule has 0 saturated carbocycles. The summed E-state index contributed by atoms with van der Waals surface area (Å²) >= 11 is 0. The molecular weight excluding hydrogens is 410 g/mol. The number of H-pyrrole nitrogens is 1. The number of aliphatic hydroxyl groups excluding tert-OH is 1. The van der Waals surface area contributed by atoms with Crippen LogP contribution in [0.4, 0.5) is 5.69 Å². The van der Waals surface area contributed by atoms with E-state index < -0.39 is 31.1 Å². The van der Waals surface area contributed by atoms with Gasteiger partial charge in [0.2, 0.25) is 10.0 Å². The third-order valence-corrected chi connectivity index (χ3v) is 6.56. The summed E-state index contributed by atoms with van der Waals surface area (Å²) in [5.41, 5.74) is 0.808. The van der Waals surface area contributed by atoms with Crippen molar-refractivity contribution in [3.8, 4) is 0 Å². The van der Waals surface area contributed by atoms with Crippen LogP contribution in [0.2, 0.25) is 0 Å². The largest absolute Gasteiger partial charge is 0.396 e. The second-order valence-corrected chi connectivity index (χ2v) is 8.76. The van der Waals surface area contributed by atoms with Crippen LogP contribution in [0.5, 0.6) is 0 Å². The molecule has 0 aliphatic carbocycles. The second-order valence-electron chi connectivity index (χ2n) is 6.85. The number of nitro groups is 1. The summed E-state index contributed by atoms with van der Waals surface area (Å²) in [6.07, 6.45) is 0.116. The number of nitrogens with one attached hydrogen (secondary N) is 1. The Morgan fingerprint density at radius 1 is 1.17 bits per heavy atom. The molecule has 9 nitrogen and oxygen atoms in total. The van der Waals surface area contributed by atoms with E-state index in [0.29, 0.717) is 5.52 Å². The van der Waals surface area contributed by atoms with Crippen molar-refractivity contribution in [3.63, 3.8) is 0 Å². The SMILES string of the molecule is Cc1ccc2cc(CN(CCCO)S(=O)(=O)c3ccccc3[N+](=O)[O-])c(=O)[nH]c2c1. The molecule has 0 unspecified atom stereocenters. The highest BCUT2D eigenvalue weighted by Crippen LogP contribution is 2.27. The number of sulfonamides is 1. The average Bonchev–Trinajstić information content (AvgIpc) is 2.71. The highest BCUT2D eigenvalue weighted by atomic mass is 32.2. The van der Waals surface area contributed by atoms with Gasteiger partial charge in [0.1, 0.15) is 0 Å². The van der Waals surface area contributed by atoms with Gasteiger partial charge in [0.25, 0.3) is 11.2 Å². The molecule has 10 heteroatoms. The van der Waals surface area contributed by atoms with E-state index in [-0.39, 0.29) is 31.7 Å². The number of aromatic nitrogens is 1. The molecule has 0 amide bonds. The Hall–Kier alpha value is -3.08. The smallest absolute Gasteiger partial charge is 0.289 e. The third kappa shape index (κ3) is 4.40. The Labute approximate surface area is 172 Å². The average molecular weight is 431 g/mol. The molecule has 0 radical (unpaired) electrons. The zero-order valence-electron chi connectivity index (χ0n) is 16.2. The fourth-order valence-electron chi connectivity index (χ4n) is 3.16. The summed E-state index contributed by atoms with van der Waals surface area (Å²) in [6, 6.07) is 12.2. The van der Waals surface area contributed by atoms with Gasteiger partial charge in [-0.05, 0) is 42.5 Å². The van der Waals surface area contributed by atoms with Gasteiger partial charge in [0.05, 0.1) is 4.92 Å². The van der Waals surface area contributed by atoms with E-state index in [4.69, 9.17) is 0 Å². The topological polar surface area (TPSA) is 134 Å². The number of benzene rings is 2. The van der Waals surface area contributed by atoms with Crippen molar-refractivity contribution >= 4 is 26.6 Å². The summed E-state index contributed by atoms with van der Waals surface area (Å²) in [6.45, 7) is 1.24. The first-order chi connectivity index (χ1) is 14.2. The lowest BCUT2D eigenvalue weighted by Gasteiger charge is -2.22. The van der Waals surface area contributed by atoms with Crippen molar-refractivity contribution in [2.75, 3.05) is 13.2 Å². The van der Waals surface area contributed by atoms with Crippen LogP contribution in [0.3, 0.4) is 0 Å². The van der Waals surface area contributed by atoms with E-state index in [0.717, 1.165) is 27.4 Å². The molecule has 2 aromatic carbocycles. The van der Waals surface area contributed by atoms with Gasteiger partial charge in [0.15, 0.2) is 4.90 Å². The molecule has 3 rings (SSSR count). The maximum Gasteiger partial charge on any atom is 0.289 e. The van der Waals surface area contributed by atoms with E-state index in [1.807, 2.05) is 25.1 Å². The Morgan fingerprint density at radius 3 is 2.60 bits per heavy atom. The highest BCUT2D eigenvalue weighted by molar-refractivity contribution is 7.89. The van der Waals surface area contributed by atoms with Crippen molar-refractivity contribution < 1.29 is 18.4 Å². The number of hydrogen-bond donors (Lipinski definition) is 2. The van der Waals surface area contributed by atoms with Gasteiger partial charge in [0, 0.05) is 36.8 Å². The summed E-state index contributed by atoms with van der Waals surface area (Å²) in [7, 11) is -4.30. The van der Waals surface area contributed by atoms with Crippen molar-refractivity contribution in [1.82, 2.24) is 9.29 Å². The number of nitrogens with zero attached hydrogens (tertiary/aromatic N) is 2. The second kappa shape index (κ2) is 8.74. The predicted octanol–water partition coefficient (Wildman–Crippen LogP) is 2.32. The van der Waals surface area contributed by atoms with E-state index in [1.165, 1.54) is 12.1 Å². The van der Waals surface area contributed by atoms with Crippen molar-refractivity contribution in [3.05, 3.63) is 80.1 Å². The van der Waals surface area contributed by atoms with E-state index >= 15 is 0 Å². The van der Waals surface area contributed by atoms with E-state index in [9.17, 15) is 28.4 Å². The first-order valence-corrected chi connectivity index (χ1v) is 10.6. The van der Waals surface area contributed by atoms with E-state index in [2.05, 4.69) is 4.98 Å². The van der Waals surface area contributed by atoms with Crippen LogP contribution in [-0.4, -0.2) is 40.9 Å². The van der Waals surface area contributed by atoms with Gasteiger partial charge in [-0.1, -0.05) is 24.3 Å². The number of aryl methyl sites for hydroxylation is 1. The lowest BCUT2D eigenvalue weighted by Crippen LogP contribution is -2.34. The van der Waals surface area contributed by atoms with Crippen molar-refractivity contribution in [1.29, 1.82) is 0 Å². The quantitative estimate of drug-likeness (QED) is 0.415. The molecule has 0 saturated heterocycles. The Balaban J connectivity index is 2.06. The number of aromatic amines is 1. The molecule has 158 valence electrons. The molecule has 0 aliphatic heterocycles. The third-order valence-electron chi connectivity index (χ3n) is 4.67. The molecule has 0 spiro atoms. The molecule has 3 aromatic rings. The Morgan fingerprint density at radius 2 is 1.90 bits per heavy atom. The van der Waals surface area contributed by atoms with Crippen LogP contribution < -0.4 is 5.56 Å². The van der Waals surface area contributed by atoms with Crippen molar-refractivity contribution in [2.24, 2.45) is 0 Å². The molecule has 0 aliphatic rings. The predicted molar refractivity (Wildman–Crippen MR) is 112 cm³/mol. The minimum Gasteiger partial charge on any atom is -0.396 e. The standard InChI is InChI=1S/C20H21N3O6S/c1-14-7-8-15-12-16(20(25)21-17(15)11-14)13-22(9-4-10-24)30(28,29)19-6-3-2-5-18(19)23(26)27/h2-3,5-8,11-12,24H,4,9-10,13H2,1H3,(H,21,25). The number of aliphatic hydroxyl groups is 1. The molecule has 1 heterocycles. The summed E-state index contributed by atoms with van der Waals surface area (Å²) in [4.78, 5) is 25.4. The monoisotopic (exact) mass is 431 g/mol. The molecular formula is C20H21N3O6S. The van der Waals surface area contributed by atoms with Gasteiger partial charge < -0.3 is 10.1 Å². The van der Waals surface area contributed by atoms with Crippen LogP contribution >= 0.6 is 0 Å². The fourth-order valence-corrected chi connectivity index (χ4v) is 4.78. The van der Waals surface area contributed by atoms with Crippen LogP contribution in [0, 0.1) is 17.0 Å². The van der Waals surface area contributed by atoms with E-state index in [1.54, 1.807) is 6.07 Å². The van der Waals surface area contributed by atoms with Crippen LogP contribution in [0.15, 0.2) is 58.2 Å². The van der Waals surface area contributed by atoms with Crippen LogP contribution in [-0.2, 0) is 16.6 Å². The summed E-state index contributed by atoms with van der Waals surface area (Å²) in [5, 5.41) is 21.2. The molecule has 2 N–H and O–H groups in total. The maximum atomic E-state index is 13.2. The molecule has 0 bridgehead atoms. The molecule has 30 heavy (non-hydrogen) atoms. The number of pyridine rings is 1. The number of para-hydroxylation sites is 1. The van der Waals surface area contributed by atoms with Crippen LogP contribution in [0.25, 0.3) is 10.9 Å². The Bertz CT molecular complexity index is 1250. The van der Waals surface area contributed by atoms with Gasteiger partial charge in [-0.2, -0.15) is 4.31 Å². The molecule has 0 fully saturated rings. The summed E-state index contributed by atoms with van der Waals surface area (Å²) in [5.74, 6) is 0. The number of fused-ring (bicyclic) bond motifs is 1.